The second-order valence-electron chi connectivity index (χ2n) is 6.48. The standard InChI is InChI=1S/C20H25BrN2O3/c1-4-26-18-11-14(10-16(21)19(18)25-3)9-15(12-22)20(24)23-17-8-6-5-7-13(17)2/h9-11,13,17H,4-8H2,1-3H3,(H,23,24)/b15-9+/t13-,17-/m1/s1. The van der Waals surface area contributed by atoms with Crippen molar-refractivity contribution in [1.82, 2.24) is 5.32 Å². The van der Waals surface area contributed by atoms with Crippen LogP contribution in [0.1, 0.15) is 45.1 Å². The number of benzene rings is 1. The Balaban J connectivity index is 2.24. The van der Waals surface area contributed by atoms with Gasteiger partial charge in [0.1, 0.15) is 11.6 Å². The predicted molar refractivity (Wildman–Crippen MR) is 105 cm³/mol. The summed E-state index contributed by atoms with van der Waals surface area (Å²) in [7, 11) is 1.57. The average Bonchev–Trinajstić information content (AvgIpc) is 2.61. The van der Waals surface area contributed by atoms with Crippen LogP contribution in [-0.2, 0) is 4.79 Å². The van der Waals surface area contributed by atoms with E-state index in [2.05, 4.69) is 28.2 Å². The molecule has 0 heterocycles. The molecular weight excluding hydrogens is 396 g/mol. The molecule has 0 saturated heterocycles. The summed E-state index contributed by atoms with van der Waals surface area (Å²) in [6.07, 6.45) is 5.97. The molecule has 1 amide bonds. The number of ether oxygens (including phenoxy) is 2. The third-order valence-electron chi connectivity index (χ3n) is 4.64. The summed E-state index contributed by atoms with van der Waals surface area (Å²) in [5.41, 5.74) is 0.784. The molecule has 1 fully saturated rings. The van der Waals surface area contributed by atoms with Crippen LogP contribution in [0.2, 0.25) is 0 Å². The molecule has 0 unspecified atom stereocenters. The van der Waals surface area contributed by atoms with Gasteiger partial charge in [-0.3, -0.25) is 4.79 Å². The predicted octanol–water partition coefficient (Wildman–Crippen LogP) is 4.46. The molecule has 6 heteroatoms. The highest BCUT2D eigenvalue weighted by Gasteiger charge is 2.24. The van der Waals surface area contributed by atoms with Crippen LogP contribution >= 0.6 is 15.9 Å². The highest BCUT2D eigenvalue weighted by Crippen LogP contribution is 2.37. The molecule has 0 spiro atoms. The Bertz CT molecular complexity index is 725. The molecule has 1 saturated carbocycles. The van der Waals surface area contributed by atoms with Crippen LogP contribution < -0.4 is 14.8 Å². The Morgan fingerprint density at radius 2 is 2.15 bits per heavy atom. The van der Waals surface area contributed by atoms with Crippen molar-refractivity contribution in [2.75, 3.05) is 13.7 Å². The highest BCUT2D eigenvalue weighted by molar-refractivity contribution is 9.10. The molecule has 1 aromatic rings. The number of carbonyl (C=O) groups is 1. The maximum Gasteiger partial charge on any atom is 0.262 e. The zero-order valence-electron chi connectivity index (χ0n) is 15.5. The second-order valence-corrected chi connectivity index (χ2v) is 7.33. The van der Waals surface area contributed by atoms with Gasteiger partial charge in [0.15, 0.2) is 11.5 Å². The van der Waals surface area contributed by atoms with E-state index in [9.17, 15) is 10.1 Å². The number of methoxy groups -OCH3 is 1. The van der Waals surface area contributed by atoms with Crippen LogP contribution in [0, 0.1) is 17.2 Å². The van der Waals surface area contributed by atoms with Gasteiger partial charge in [0.2, 0.25) is 0 Å². The molecule has 1 aliphatic rings. The molecule has 5 nitrogen and oxygen atoms in total. The van der Waals surface area contributed by atoms with E-state index in [4.69, 9.17) is 9.47 Å². The van der Waals surface area contributed by atoms with Crippen LogP contribution in [-0.4, -0.2) is 25.7 Å². The normalized spacial score (nSPS) is 20.2. The Morgan fingerprint density at radius 1 is 1.42 bits per heavy atom. The number of hydrogen-bond donors (Lipinski definition) is 1. The van der Waals surface area contributed by atoms with Crippen molar-refractivity contribution in [2.24, 2.45) is 5.92 Å². The van der Waals surface area contributed by atoms with Gasteiger partial charge in [0.05, 0.1) is 18.2 Å². The summed E-state index contributed by atoms with van der Waals surface area (Å²) in [6.45, 7) is 4.52. The van der Waals surface area contributed by atoms with Gasteiger partial charge in [-0.25, -0.2) is 0 Å². The molecule has 0 bridgehead atoms. The summed E-state index contributed by atoms with van der Waals surface area (Å²) in [4.78, 5) is 12.5. The van der Waals surface area contributed by atoms with Crippen molar-refractivity contribution in [3.05, 3.63) is 27.7 Å². The van der Waals surface area contributed by atoms with Gasteiger partial charge < -0.3 is 14.8 Å². The lowest BCUT2D eigenvalue weighted by Gasteiger charge is -2.29. The van der Waals surface area contributed by atoms with E-state index in [1.165, 1.54) is 6.42 Å². The minimum Gasteiger partial charge on any atom is -0.492 e. The van der Waals surface area contributed by atoms with Gasteiger partial charge in [-0.15, -0.1) is 0 Å². The van der Waals surface area contributed by atoms with E-state index in [0.29, 0.717) is 34.1 Å². The van der Waals surface area contributed by atoms with Gasteiger partial charge in [-0.05, 0) is 65.4 Å². The summed E-state index contributed by atoms with van der Waals surface area (Å²) in [6, 6.07) is 5.72. The maximum atomic E-state index is 12.5. The van der Waals surface area contributed by atoms with Crippen LogP contribution in [0.3, 0.4) is 0 Å². The molecular formula is C20H25BrN2O3. The number of nitrogens with one attached hydrogen (secondary N) is 1. The smallest absolute Gasteiger partial charge is 0.262 e. The van der Waals surface area contributed by atoms with Gasteiger partial charge >= 0.3 is 0 Å². The Morgan fingerprint density at radius 3 is 2.77 bits per heavy atom. The number of amides is 1. The van der Waals surface area contributed by atoms with Crippen LogP contribution in [0.15, 0.2) is 22.2 Å². The van der Waals surface area contributed by atoms with Gasteiger partial charge in [-0.2, -0.15) is 5.26 Å². The largest absolute Gasteiger partial charge is 0.492 e. The lowest BCUT2D eigenvalue weighted by molar-refractivity contribution is -0.118. The number of carbonyl (C=O) groups excluding carboxylic acids is 1. The van der Waals surface area contributed by atoms with Crippen molar-refractivity contribution in [1.29, 1.82) is 5.26 Å². The number of nitriles is 1. The fourth-order valence-corrected chi connectivity index (χ4v) is 3.85. The van der Waals surface area contributed by atoms with E-state index in [1.54, 1.807) is 25.3 Å². The molecule has 1 aliphatic carbocycles. The monoisotopic (exact) mass is 420 g/mol. The Kier molecular flexibility index (Phi) is 7.52. The van der Waals surface area contributed by atoms with Crippen LogP contribution in [0.4, 0.5) is 0 Å². The van der Waals surface area contributed by atoms with E-state index in [1.807, 2.05) is 13.0 Å². The fraction of sp³-hybridized carbons (Fsp3) is 0.500. The SMILES string of the molecule is CCOc1cc(/C=C(\C#N)C(=O)N[C@@H]2CCCC[C@H]2C)cc(Br)c1OC. The minimum absolute atomic E-state index is 0.0855. The second kappa shape index (κ2) is 9.63. The van der Waals surface area contributed by atoms with Crippen LogP contribution in [0.5, 0.6) is 11.5 Å². The van der Waals surface area contributed by atoms with Crippen molar-refractivity contribution in [3.63, 3.8) is 0 Å². The molecule has 2 rings (SSSR count). The topological polar surface area (TPSA) is 71.3 Å². The number of rotatable bonds is 6. The number of hydrogen-bond acceptors (Lipinski definition) is 4. The zero-order chi connectivity index (χ0) is 19.1. The number of nitrogens with zero attached hydrogens (tertiary/aromatic N) is 1. The molecule has 1 N–H and O–H groups in total. The van der Waals surface area contributed by atoms with E-state index >= 15 is 0 Å². The summed E-state index contributed by atoms with van der Waals surface area (Å²) >= 11 is 3.45. The first-order valence-electron chi connectivity index (χ1n) is 8.93. The Labute approximate surface area is 163 Å². The van der Waals surface area contributed by atoms with Crippen molar-refractivity contribution >= 4 is 27.9 Å². The molecule has 0 radical (unpaired) electrons. The summed E-state index contributed by atoms with van der Waals surface area (Å²) < 4.78 is 11.6. The average molecular weight is 421 g/mol. The molecule has 0 aliphatic heterocycles. The van der Waals surface area contributed by atoms with E-state index in [-0.39, 0.29) is 17.5 Å². The van der Waals surface area contributed by atoms with E-state index < -0.39 is 0 Å². The molecule has 26 heavy (non-hydrogen) atoms. The quantitative estimate of drug-likeness (QED) is 0.544. The first kappa shape index (κ1) is 20.3. The fourth-order valence-electron chi connectivity index (χ4n) is 3.22. The van der Waals surface area contributed by atoms with Crippen LogP contribution in [0.25, 0.3) is 6.08 Å². The van der Waals surface area contributed by atoms with Gasteiger partial charge in [-0.1, -0.05) is 19.8 Å². The Hall–Kier alpha value is -2.00. The maximum absolute atomic E-state index is 12.5. The minimum atomic E-state index is -0.323. The number of halogens is 1. The summed E-state index contributed by atoms with van der Waals surface area (Å²) in [5, 5.41) is 12.5. The van der Waals surface area contributed by atoms with Gasteiger partial charge in [0.25, 0.3) is 5.91 Å². The third kappa shape index (κ3) is 5.01. The van der Waals surface area contributed by atoms with Crippen molar-refractivity contribution < 1.29 is 14.3 Å². The first-order chi connectivity index (χ1) is 12.5. The van der Waals surface area contributed by atoms with Crippen molar-refractivity contribution in [2.45, 2.75) is 45.6 Å². The lowest BCUT2D eigenvalue weighted by Crippen LogP contribution is -2.41. The lowest BCUT2D eigenvalue weighted by atomic mass is 9.86. The molecule has 1 aromatic carbocycles. The van der Waals surface area contributed by atoms with Crippen molar-refractivity contribution in [3.8, 4) is 17.6 Å². The first-order valence-corrected chi connectivity index (χ1v) is 9.72. The molecule has 140 valence electrons. The zero-order valence-corrected chi connectivity index (χ0v) is 17.1. The summed E-state index contributed by atoms with van der Waals surface area (Å²) in [5.74, 6) is 1.26. The molecule has 2 atom stereocenters. The van der Waals surface area contributed by atoms with E-state index in [0.717, 1.165) is 19.3 Å². The highest BCUT2D eigenvalue weighted by atomic mass is 79.9. The molecule has 0 aromatic heterocycles. The third-order valence-corrected chi connectivity index (χ3v) is 5.23. The van der Waals surface area contributed by atoms with Gasteiger partial charge in [0, 0.05) is 6.04 Å².